The Morgan fingerprint density at radius 1 is 1.13 bits per heavy atom. The Hall–Kier alpha value is -3.58. The fourth-order valence-electron chi connectivity index (χ4n) is 4.72. The minimum atomic E-state index is -3.56. The van der Waals surface area contributed by atoms with E-state index in [1.807, 2.05) is 32.0 Å². The van der Waals surface area contributed by atoms with Crippen LogP contribution in [0.5, 0.6) is 0 Å². The second kappa shape index (κ2) is 10.9. The predicted octanol–water partition coefficient (Wildman–Crippen LogP) is 3.91. The number of pyridine rings is 2. The number of morpholine rings is 1. The number of anilines is 2. The average Bonchev–Trinajstić information content (AvgIpc) is 3.33. The number of aromatic nitrogens is 4. The van der Waals surface area contributed by atoms with E-state index >= 15 is 0 Å². The molecule has 0 saturated carbocycles. The summed E-state index contributed by atoms with van der Waals surface area (Å²) in [5, 5.41) is 10.7. The van der Waals surface area contributed by atoms with Gasteiger partial charge in [-0.1, -0.05) is 17.7 Å². The van der Waals surface area contributed by atoms with Gasteiger partial charge in [0.1, 0.15) is 5.69 Å². The number of hydrogen-bond donors (Lipinski definition) is 3. The number of aromatic amines is 1. The molecule has 4 heterocycles. The molecule has 5 rings (SSSR count). The summed E-state index contributed by atoms with van der Waals surface area (Å²) in [6.45, 7) is 6.32. The summed E-state index contributed by atoms with van der Waals surface area (Å²) in [4.78, 5) is 24.3. The molecule has 1 aromatic carbocycles. The van der Waals surface area contributed by atoms with E-state index in [1.165, 1.54) is 6.20 Å². The number of nitrogens with zero attached hydrogens (tertiary/aromatic N) is 4. The summed E-state index contributed by atoms with van der Waals surface area (Å²) >= 11 is 6.10. The second-order valence-electron chi connectivity index (χ2n) is 9.71. The van der Waals surface area contributed by atoms with Crippen LogP contribution in [0.3, 0.4) is 0 Å². The Bertz CT molecular complexity index is 1630. The van der Waals surface area contributed by atoms with Crippen LogP contribution >= 0.6 is 11.6 Å². The highest BCUT2D eigenvalue weighted by molar-refractivity contribution is 7.92. The lowest BCUT2D eigenvalue weighted by atomic mass is 10.0. The van der Waals surface area contributed by atoms with Crippen molar-refractivity contribution in [1.82, 2.24) is 25.1 Å². The Balaban J connectivity index is 1.41. The van der Waals surface area contributed by atoms with Gasteiger partial charge in [0.05, 0.1) is 47.2 Å². The molecule has 2 atom stereocenters. The van der Waals surface area contributed by atoms with Crippen molar-refractivity contribution in [3.8, 4) is 11.1 Å². The van der Waals surface area contributed by atoms with Gasteiger partial charge in [0.25, 0.3) is 5.91 Å². The van der Waals surface area contributed by atoms with Gasteiger partial charge in [0.2, 0.25) is 10.0 Å². The fourth-order valence-corrected chi connectivity index (χ4v) is 5.48. The first kappa shape index (κ1) is 27.0. The minimum absolute atomic E-state index is 0.0206. The first-order chi connectivity index (χ1) is 18.5. The number of rotatable bonds is 7. The number of carbonyl (C=O) groups is 1. The first-order valence-electron chi connectivity index (χ1n) is 12.3. The number of sulfonamides is 1. The zero-order valence-electron chi connectivity index (χ0n) is 21.6. The average molecular weight is 570 g/mol. The molecule has 0 bridgehead atoms. The molecule has 11 nitrogen and oxygen atoms in total. The maximum atomic E-state index is 13.3. The van der Waals surface area contributed by atoms with Crippen LogP contribution in [0.1, 0.15) is 30.0 Å². The van der Waals surface area contributed by atoms with Crippen molar-refractivity contribution in [2.24, 2.45) is 0 Å². The number of carbonyl (C=O) groups excluding carboxylic acids is 1. The van der Waals surface area contributed by atoms with Crippen molar-refractivity contribution in [3.05, 3.63) is 65.3 Å². The number of ether oxygens (including phenoxy) is 1. The quantitative estimate of drug-likeness (QED) is 0.284. The number of benzene rings is 1. The van der Waals surface area contributed by atoms with Gasteiger partial charge in [-0.15, -0.1) is 0 Å². The van der Waals surface area contributed by atoms with Crippen LogP contribution in [0.4, 0.5) is 11.4 Å². The Morgan fingerprint density at radius 3 is 2.62 bits per heavy atom. The molecular formula is C26H28ClN7O4S. The highest BCUT2D eigenvalue weighted by atomic mass is 35.5. The molecule has 0 aliphatic carbocycles. The third-order valence-corrected chi connectivity index (χ3v) is 7.09. The van der Waals surface area contributed by atoms with Gasteiger partial charge in [-0.25, -0.2) is 18.4 Å². The molecule has 1 amide bonds. The van der Waals surface area contributed by atoms with Crippen LogP contribution in [0.2, 0.25) is 5.15 Å². The smallest absolute Gasteiger partial charge is 0.274 e. The van der Waals surface area contributed by atoms with E-state index in [9.17, 15) is 13.2 Å². The number of hydrogen-bond acceptors (Lipinski definition) is 8. The van der Waals surface area contributed by atoms with Gasteiger partial charge in [0, 0.05) is 36.8 Å². The van der Waals surface area contributed by atoms with E-state index < -0.39 is 10.0 Å². The lowest BCUT2D eigenvalue weighted by Gasteiger charge is -2.35. The maximum Gasteiger partial charge on any atom is 0.274 e. The van der Waals surface area contributed by atoms with Crippen LogP contribution in [0.15, 0.2) is 48.8 Å². The molecule has 39 heavy (non-hydrogen) atoms. The highest BCUT2D eigenvalue weighted by Gasteiger charge is 2.23. The van der Waals surface area contributed by atoms with Crippen molar-refractivity contribution in [2.75, 3.05) is 29.4 Å². The first-order valence-corrected chi connectivity index (χ1v) is 14.6. The Morgan fingerprint density at radius 2 is 1.87 bits per heavy atom. The zero-order chi connectivity index (χ0) is 27.7. The van der Waals surface area contributed by atoms with Crippen molar-refractivity contribution < 1.29 is 17.9 Å². The SMILES string of the molecule is C[C@@H]1CN(Cc2cccc(C(=O)Nc3cc(-c4cnc(Cl)c(NS(C)(=O)=O)c4)cc4[nH]ncc34)n2)C[C@H](C)O1. The zero-order valence-corrected chi connectivity index (χ0v) is 23.2. The van der Waals surface area contributed by atoms with E-state index in [0.29, 0.717) is 34.3 Å². The third kappa shape index (κ3) is 6.53. The van der Waals surface area contributed by atoms with Gasteiger partial charge < -0.3 is 10.1 Å². The van der Waals surface area contributed by atoms with Crippen molar-refractivity contribution in [1.29, 1.82) is 0 Å². The number of H-pyrrole nitrogens is 1. The van der Waals surface area contributed by atoms with Crippen molar-refractivity contribution >= 4 is 49.8 Å². The summed E-state index contributed by atoms with van der Waals surface area (Å²) in [6, 6.07) is 10.6. The molecule has 1 aliphatic heterocycles. The maximum absolute atomic E-state index is 13.3. The van der Waals surface area contributed by atoms with Crippen LogP contribution < -0.4 is 10.0 Å². The summed E-state index contributed by atoms with van der Waals surface area (Å²) in [6.07, 6.45) is 4.46. The predicted molar refractivity (Wildman–Crippen MR) is 150 cm³/mol. The fraction of sp³-hybridized carbons (Fsp3) is 0.308. The third-order valence-electron chi connectivity index (χ3n) is 6.19. The lowest BCUT2D eigenvalue weighted by molar-refractivity contribution is -0.0707. The molecule has 3 N–H and O–H groups in total. The molecular weight excluding hydrogens is 542 g/mol. The van der Waals surface area contributed by atoms with E-state index in [4.69, 9.17) is 16.3 Å². The summed E-state index contributed by atoms with van der Waals surface area (Å²) in [5.74, 6) is -0.367. The molecule has 0 radical (unpaired) electrons. The topological polar surface area (TPSA) is 142 Å². The lowest BCUT2D eigenvalue weighted by Crippen LogP contribution is -2.45. The molecule has 13 heteroatoms. The van der Waals surface area contributed by atoms with E-state index in [-0.39, 0.29) is 34.6 Å². The highest BCUT2D eigenvalue weighted by Crippen LogP contribution is 2.33. The van der Waals surface area contributed by atoms with Gasteiger partial charge in [0.15, 0.2) is 5.15 Å². The van der Waals surface area contributed by atoms with E-state index in [2.05, 4.69) is 35.1 Å². The second-order valence-corrected chi connectivity index (χ2v) is 11.8. The summed E-state index contributed by atoms with van der Waals surface area (Å²) in [7, 11) is -3.56. The van der Waals surface area contributed by atoms with Crippen LogP contribution in [0.25, 0.3) is 22.0 Å². The minimum Gasteiger partial charge on any atom is -0.373 e. The van der Waals surface area contributed by atoms with Gasteiger partial charge in [-0.05, 0) is 49.7 Å². The normalized spacial score (nSPS) is 18.3. The molecule has 1 fully saturated rings. The molecule has 1 aliphatic rings. The van der Waals surface area contributed by atoms with E-state index in [1.54, 1.807) is 24.4 Å². The number of amides is 1. The number of halogens is 1. The molecule has 3 aromatic heterocycles. The molecule has 204 valence electrons. The molecule has 0 spiro atoms. The van der Waals surface area contributed by atoms with Gasteiger partial charge >= 0.3 is 0 Å². The Labute approximate surface area is 231 Å². The largest absolute Gasteiger partial charge is 0.373 e. The summed E-state index contributed by atoms with van der Waals surface area (Å²) in [5.41, 5.74) is 3.68. The van der Waals surface area contributed by atoms with Crippen LogP contribution in [-0.2, 0) is 21.3 Å². The van der Waals surface area contributed by atoms with Crippen molar-refractivity contribution in [3.63, 3.8) is 0 Å². The van der Waals surface area contributed by atoms with Crippen LogP contribution in [0, 0.1) is 0 Å². The monoisotopic (exact) mass is 569 g/mol. The molecule has 1 saturated heterocycles. The van der Waals surface area contributed by atoms with E-state index in [0.717, 1.165) is 25.0 Å². The molecule has 4 aromatic rings. The van der Waals surface area contributed by atoms with Gasteiger partial charge in [-0.2, -0.15) is 5.10 Å². The van der Waals surface area contributed by atoms with Crippen LogP contribution in [-0.4, -0.2) is 70.9 Å². The van der Waals surface area contributed by atoms with Crippen molar-refractivity contribution in [2.45, 2.75) is 32.6 Å². The molecule has 0 unspecified atom stereocenters. The Kier molecular flexibility index (Phi) is 7.54. The number of fused-ring (bicyclic) bond motifs is 1. The van der Waals surface area contributed by atoms with Gasteiger partial charge in [-0.3, -0.25) is 19.5 Å². The standard InChI is InChI=1S/C26H28ClN7O4S/c1-15-12-34(13-16(2)38-15)14-19-5-4-6-21(30-19)26(35)31-22-7-17(8-23-20(22)11-29-32-23)18-9-24(25(27)28-10-18)33-39(3,36)37/h4-11,15-16,33H,12-14H2,1-3H3,(H,29,32)(H,31,35)/t15-,16+. The number of nitrogens with one attached hydrogen (secondary N) is 3. The summed E-state index contributed by atoms with van der Waals surface area (Å²) < 4.78 is 31.7.